The number of fused-ring (bicyclic) bond motifs is 1. The number of nitro groups is 1. The quantitative estimate of drug-likeness (QED) is 0.109. The summed E-state index contributed by atoms with van der Waals surface area (Å²) in [6.07, 6.45) is 0. The molecule has 2 heterocycles. The average molecular weight is 514 g/mol. The second kappa shape index (κ2) is 9.78. The number of hydrogen-bond donors (Lipinski definition) is 0. The van der Waals surface area contributed by atoms with Crippen LogP contribution in [0.15, 0.2) is 78.0 Å². The highest BCUT2D eigenvalue weighted by Gasteiger charge is 2.36. The predicted molar refractivity (Wildman–Crippen MR) is 137 cm³/mol. The van der Waals surface area contributed by atoms with E-state index in [9.17, 15) is 24.5 Å². The standard InChI is InChI=1S/C26H19N5O5S/c1-2-29-23(27-28-26(29)37-15-22(32)16-7-13-19(14-8-16)31(35)36)17-9-11-18(12-10-17)30-24(33)20-5-3-4-6-21(20)25(30)34/h3-14H,2,15H2,1H3. The number of anilines is 1. The minimum Gasteiger partial charge on any atom is -0.302 e. The van der Waals surface area contributed by atoms with Gasteiger partial charge in [-0.3, -0.25) is 24.5 Å². The summed E-state index contributed by atoms with van der Waals surface area (Å²) in [5, 5.41) is 19.9. The molecule has 3 aromatic carbocycles. The number of benzene rings is 3. The molecule has 1 aliphatic heterocycles. The van der Waals surface area contributed by atoms with Gasteiger partial charge >= 0.3 is 0 Å². The number of nitro benzene ring substituents is 1. The number of aromatic nitrogens is 3. The normalized spacial score (nSPS) is 12.6. The van der Waals surface area contributed by atoms with E-state index < -0.39 is 4.92 Å². The summed E-state index contributed by atoms with van der Waals surface area (Å²) in [7, 11) is 0. The maximum atomic E-state index is 12.8. The zero-order valence-corrected chi connectivity index (χ0v) is 20.3. The van der Waals surface area contributed by atoms with Crippen LogP contribution in [0.5, 0.6) is 0 Å². The van der Waals surface area contributed by atoms with Gasteiger partial charge in [-0.05, 0) is 55.5 Å². The second-order valence-electron chi connectivity index (χ2n) is 8.10. The molecule has 0 N–H and O–H groups in total. The predicted octanol–water partition coefficient (Wildman–Crippen LogP) is 4.65. The molecule has 0 unspecified atom stereocenters. The molecule has 184 valence electrons. The summed E-state index contributed by atoms with van der Waals surface area (Å²) in [6.45, 7) is 2.48. The third kappa shape index (κ3) is 4.40. The summed E-state index contributed by atoms with van der Waals surface area (Å²) in [6, 6.07) is 19.1. The van der Waals surface area contributed by atoms with Gasteiger partial charge in [-0.25, -0.2) is 4.90 Å². The summed E-state index contributed by atoms with van der Waals surface area (Å²) in [4.78, 5) is 49.5. The molecule has 37 heavy (non-hydrogen) atoms. The Balaban J connectivity index is 1.31. The molecule has 0 bridgehead atoms. The van der Waals surface area contributed by atoms with E-state index in [0.29, 0.717) is 39.9 Å². The Morgan fingerprint density at radius 1 is 0.919 bits per heavy atom. The number of imide groups is 1. The first-order chi connectivity index (χ1) is 17.9. The lowest BCUT2D eigenvalue weighted by molar-refractivity contribution is -0.384. The lowest BCUT2D eigenvalue weighted by Gasteiger charge is -2.14. The van der Waals surface area contributed by atoms with Crippen LogP contribution in [-0.4, -0.2) is 43.0 Å². The van der Waals surface area contributed by atoms with E-state index in [4.69, 9.17) is 0 Å². The van der Waals surface area contributed by atoms with Crippen LogP contribution in [0, 0.1) is 10.1 Å². The highest BCUT2D eigenvalue weighted by Crippen LogP contribution is 2.31. The van der Waals surface area contributed by atoms with E-state index >= 15 is 0 Å². The van der Waals surface area contributed by atoms with Crippen LogP contribution in [0.25, 0.3) is 11.4 Å². The Hall–Kier alpha value is -4.64. The summed E-state index contributed by atoms with van der Waals surface area (Å²) >= 11 is 1.23. The van der Waals surface area contributed by atoms with Gasteiger partial charge in [-0.2, -0.15) is 0 Å². The number of carbonyl (C=O) groups is 3. The van der Waals surface area contributed by atoms with Gasteiger partial charge in [0.15, 0.2) is 16.8 Å². The Kier molecular flexibility index (Phi) is 6.36. The number of rotatable bonds is 8. The number of carbonyl (C=O) groups excluding carboxylic acids is 3. The minimum absolute atomic E-state index is 0.0754. The lowest BCUT2D eigenvalue weighted by atomic mass is 10.1. The first-order valence-corrected chi connectivity index (χ1v) is 12.3. The van der Waals surface area contributed by atoms with Crippen LogP contribution in [0.1, 0.15) is 38.0 Å². The van der Waals surface area contributed by atoms with Gasteiger partial charge in [-0.15, -0.1) is 10.2 Å². The molecular formula is C26H19N5O5S. The van der Waals surface area contributed by atoms with Crippen LogP contribution < -0.4 is 4.90 Å². The smallest absolute Gasteiger partial charge is 0.269 e. The zero-order valence-electron chi connectivity index (χ0n) is 19.5. The molecule has 0 aliphatic carbocycles. The third-order valence-electron chi connectivity index (χ3n) is 5.94. The minimum atomic E-state index is -0.513. The molecule has 11 heteroatoms. The number of ketones is 1. The van der Waals surface area contributed by atoms with Gasteiger partial charge in [-0.1, -0.05) is 23.9 Å². The first-order valence-electron chi connectivity index (χ1n) is 11.3. The van der Waals surface area contributed by atoms with Crippen molar-refractivity contribution in [2.24, 2.45) is 0 Å². The number of amides is 2. The maximum absolute atomic E-state index is 12.8. The van der Waals surface area contributed by atoms with Gasteiger partial charge in [0.1, 0.15) is 0 Å². The van der Waals surface area contributed by atoms with Crippen LogP contribution in [0.3, 0.4) is 0 Å². The molecule has 5 rings (SSSR count). The largest absolute Gasteiger partial charge is 0.302 e. The molecule has 0 saturated carbocycles. The molecule has 1 aromatic heterocycles. The third-order valence-corrected chi connectivity index (χ3v) is 6.91. The number of non-ortho nitro benzene ring substituents is 1. The van der Waals surface area contributed by atoms with Crippen molar-refractivity contribution < 1.29 is 19.3 Å². The van der Waals surface area contributed by atoms with Crippen molar-refractivity contribution >= 4 is 40.7 Å². The monoisotopic (exact) mass is 513 g/mol. The van der Waals surface area contributed by atoms with Crippen molar-refractivity contribution in [2.45, 2.75) is 18.6 Å². The Morgan fingerprint density at radius 2 is 1.54 bits per heavy atom. The summed E-state index contributed by atoms with van der Waals surface area (Å²) < 4.78 is 1.87. The van der Waals surface area contributed by atoms with Crippen molar-refractivity contribution in [3.8, 4) is 11.4 Å². The van der Waals surface area contributed by atoms with Crippen LogP contribution in [0.2, 0.25) is 0 Å². The SMILES string of the molecule is CCn1c(SCC(=O)c2ccc([N+](=O)[O-])cc2)nnc1-c1ccc(N2C(=O)c3ccccc3C2=O)cc1. The average Bonchev–Trinajstić information content (AvgIpc) is 3.45. The lowest BCUT2D eigenvalue weighted by Crippen LogP contribution is -2.29. The van der Waals surface area contributed by atoms with Crippen LogP contribution in [-0.2, 0) is 6.54 Å². The maximum Gasteiger partial charge on any atom is 0.269 e. The van der Waals surface area contributed by atoms with E-state index in [-0.39, 0.29) is 29.0 Å². The van der Waals surface area contributed by atoms with Crippen LogP contribution in [0.4, 0.5) is 11.4 Å². The highest BCUT2D eigenvalue weighted by atomic mass is 32.2. The van der Waals surface area contributed by atoms with Gasteiger partial charge in [0.25, 0.3) is 17.5 Å². The van der Waals surface area contributed by atoms with Gasteiger partial charge < -0.3 is 4.57 Å². The van der Waals surface area contributed by atoms with E-state index in [0.717, 1.165) is 10.5 Å². The summed E-state index contributed by atoms with van der Waals surface area (Å²) in [5.41, 5.74) is 2.27. The van der Waals surface area contributed by atoms with Crippen LogP contribution >= 0.6 is 11.8 Å². The first kappa shape index (κ1) is 24.1. The molecule has 0 atom stereocenters. The number of nitrogens with zero attached hydrogens (tertiary/aromatic N) is 5. The van der Waals surface area contributed by atoms with Gasteiger partial charge in [0.05, 0.1) is 27.5 Å². The molecule has 1 aliphatic rings. The highest BCUT2D eigenvalue weighted by molar-refractivity contribution is 7.99. The van der Waals surface area contributed by atoms with E-state index in [1.165, 1.54) is 36.0 Å². The number of hydrogen-bond acceptors (Lipinski definition) is 8. The fourth-order valence-corrected chi connectivity index (χ4v) is 4.96. The Morgan fingerprint density at radius 3 is 2.11 bits per heavy atom. The van der Waals surface area contributed by atoms with E-state index in [1.54, 1.807) is 48.5 Å². The fraction of sp³-hybridized carbons (Fsp3) is 0.115. The Bertz CT molecular complexity index is 1510. The molecule has 10 nitrogen and oxygen atoms in total. The molecular weight excluding hydrogens is 494 g/mol. The topological polar surface area (TPSA) is 128 Å². The van der Waals surface area contributed by atoms with E-state index in [2.05, 4.69) is 10.2 Å². The molecule has 0 fully saturated rings. The summed E-state index contributed by atoms with van der Waals surface area (Å²) in [5.74, 6) is -0.226. The van der Waals surface area contributed by atoms with Crippen molar-refractivity contribution in [2.75, 3.05) is 10.7 Å². The van der Waals surface area contributed by atoms with Crippen molar-refractivity contribution in [1.29, 1.82) is 0 Å². The van der Waals surface area contributed by atoms with Crippen molar-refractivity contribution in [3.63, 3.8) is 0 Å². The molecule has 0 radical (unpaired) electrons. The van der Waals surface area contributed by atoms with Gasteiger partial charge in [0.2, 0.25) is 0 Å². The number of Topliss-reactive ketones (excluding diaryl/α,β-unsaturated/α-hetero) is 1. The molecule has 0 saturated heterocycles. The van der Waals surface area contributed by atoms with Crippen molar-refractivity contribution in [3.05, 3.63) is 99.6 Å². The molecule has 0 spiro atoms. The second-order valence-corrected chi connectivity index (χ2v) is 9.05. The van der Waals surface area contributed by atoms with Gasteiger partial charge in [0, 0.05) is 29.8 Å². The molecule has 4 aromatic rings. The fourth-order valence-electron chi connectivity index (χ4n) is 4.06. The molecule has 2 amide bonds. The van der Waals surface area contributed by atoms with Crippen molar-refractivity contribution in [1.82, 2.24) is 14.8 Å². The zero-order chi connectivity index (χ0) is 26.1. The van der Waals surface area contributed by atoms with E-state index in [1.807, 2.05) is 11.5 Å². The number of thioether (sulfide) groups is 1. The Labute approximate surface area is 215 Å².